The van der Waals surface area contributed by atoms with Gasteiger partial charge < -0.3 is 10.4 Å². The molecule has 22 heavy (non-hydrogen) atoms. The highest BCUT2D eigenvalue weighted by Gasteiger charge is 2.19. The van der Waals surface area contributed by atoms with Crippen LogP contribution in [0, 0.1) is 0 Å². The Labute approximate surface area is 139 Å². The fourth-order valence-electron chi connectivity index (χ4n) is 1.86. The normalized spacial score (nSPS) is 13.4. The first-order valence-electron chi connectivity index (χ1n) is 7.07. The number of hydrogen-bond donors (Lipinski definition) is 2. The van der Waals surface area contributed by atoms with E-state index in [2.05, 4.69) is 10.3 Å². The smallest absolute Gasteiger partial charge is 0.210 e. The number of nitrogens with one attached hydrogen (secondary N) is 1. The van der Waals surface area contributed by atoms with Crippen molar-refractivity contribution >= 4 is 48.7 Å². The van der Waals surface area contributed by atoms with E-state index in [1.165, 1.54) is 11.3 Å². The van der Waals surface area contributed by atoms with Crippen LogP contribution >= 0.6 is 22.9 Å². The van der Waals surface area contributed by atoms with Crippen LogP contribution in [0.5, 0.6) is 0 Å². The molecule has 0 amide bonds. The molecule has 0 saturated heterocycles. The second-order valence-corrected chi connectivity index (χ2v) is 8.65. The van der Waals surface area contributed by atoms with Gasteiger partial charge in [0.05, 0.1) is 28.0 Å². The minimum Gasteiger partial charge on any atom is -0.390 e. The highest BCUT2D eigenvalue weighted by molar-refractivity contribution is 7.93. The van der Waals surface area contributed by atoms with Gasteiger partial charge in [0.15, 0.2) is 0 Å². The molecule has 1 unspecified atom stereocenters. The van der Waals surface area contributed by atoms with E-state index in [1.807, 2.05) is 19.1 Å². The molecule has 1 aromatic heterocycles. The van der Waals surface area contributed by atoms with Crippen molar-refractivity contribution in [1.29, 1.82) is 0 Å². The summed E-state index contributed by atoms with van der Waals surface area (Å²) >= 11 is 6.72. The standard InChI is InChI=1S/C14H19ClN2O3S2/c1-2-3-6-22(19,20)14-17-12-5-4-10(7-13(12)21-14)16-9-11(18)8-15/h4-5,7,11,16,18H,2-3,6,8-9H2,1H3. The molecule has 8 heteroatoms. The molecule has 1 atom stereocenters. The van der Waals surface area contributed by atoms with Gasteiger partial charge in [-0.3, -0.25) is 0 Å². The number of halogens is 1. The van der Waals surface area contributed by atoms with Crippen molar-refractivity contribution in [2.45, 2.75) is 30.2 Å². The highest BCUT2D eigenvalue weighted by atomic mass is 35.5. The first kappa shape index (κ1) is 17.5. The fourth-order valence-corrected chi connectivity index (χ4v) is 4.81. The number of aliphatic hydroxyl groups is 1. The summed E-state index contributed by atoms with van der Waals surface area (Å²) in [4.78, 5) is 4.22. The number of nitrogens with zero attached hydrogens (tertiary/aromatic N) is 1. The molecule has 2 rings (SSSR count). The molecular formula is C14H19ClN2O3S2. The molecule has 5 nitrogen and oxygen atoms in total. The molecule has 0 saturated carbocycles. The van der Waals surface area contributed by atoms with E-state index in [0.717, 1.165) is 16.8 Å². The second kappa shape index (κ2) is 7.59. The van der Waals surface area contributed by atoms with Gasteiger partial charge >= 0.3 is 0 Å². The van der Waals surface area contributed by atoms with Gasteiger partial charge in [-0.1, -0.05) is 13.3 Å². The average Bonchev–Trinajstić information content (AvgIpc) is 2.94. The Morgan fingerprint density at radius 2 is 2.23 bits per heavy atom. The first-order valence-corrected chi connectivity index (χ1v) is 10.1. The van der Waals surface area contributed by atoms with E-state index >= 15 is 0 Å². The van der Waals surface area contributed by atoms with Crippen LogP contribution in [0.1, 0.15) is 19.8 Å². The number of rotatable bonds is 8. The summed E-state index contributed by atoms with van der Waals surface area (Å²) in [7, 11) is -3.30. The van der Waals surface area contributed by atoms with Crippen LogP contribution in [-0.2, 0) is 9.84 Å². The molecule has 1 aromatic carbocycles. The molecule has 2 N–H and O–H groups in total. The average molecular weight is 363 g/mol. The summed E-state index contributed by atoms with van der Waals surface area (Å²) in [6.45, 7) is 2.30. The third kappa shape index (κ3) is 4.32. The molecule has 122 valence electrons. The topological polar surface area (TPSA) is 79.3 Å². The van der Waals surface area contributed by atoms with E-state index in [9.17, 15) is 13.5 Å². The Hall–Kier alpha value is -0.890. The number of hydrogen-bond acceptors (Lipinski definition) is 6. The number of sulfone groups is 1. The highest BCUT2D eigenvalue weighted by Crippen LogP contribution is 2.28. The number of aliphatic hydroxyl groups excluding tert-OH is 1. The lowest BCUT2D eigenvalue weighted by Crippen LogP contribution is -2.20. The van der Waals surface area contributed by atoms with E-state index in [-0.39, 0.29) is 16.0 Å². The summed E-state index contributed by atoms with van der Waals surface area (Å²) in [5.74, 6) is 0.298. The first-order chi connectivity index (χ1) is 10.5. The van der Waals surface area contributed by atoms with Crippen molar-refractivity contribution < 1.29 is 13.5 Å². The van der Waals surface area contributed by atoms with Crippen molar-refractivity contribution in [3.8, 4) is 0 Å². The third-order valence-corrected chi connectivity index (χ3v) is 6.75. The van der Waals surface area contributed by atoms with Crippen LogP contribution in [0.25, 0.3) is 10.2 Å². The maximum atomic E-state index is 12.2. The largest absolute Gasteiger partial charge is 0.390 e. The minimum atomic E-state index is -3.30. The molecule has 2 aromatic rings. The van der Waals surface area contributed by atoms with Gasteiger partial charge in [-0.15, -0.1) is 22.9 Å². The lowest BCUT2D eigenvalue weighted by atomic mass is 10.3. The molecule has 0 aliphatic carbocycles. The van der Waals surface area contributed by atoms with E-state index in [0.29, 0.717) is 18.5 Å². The maximum absolute atomic E-state index is 12.2. The van der Waals surface area contributed by atoms with Gasteiger partial charge in [0.2, 0.25) is 14.2 Å². The molecule has 0 radical (unpaired) electrons. The predicted molar refractivity (Wildman–Crippen MR) is 91.8 cm³/mol. The number of aromatic nitrogens is 1. The Kier molecular flexibility index (Phi) is 6.02. The molecule has 0 aliphatic heterocycles. The van der Waals surface area contributed by atoms with E-state index in [4.69, 9.17) is 11.6 Å². The summed E-state index contributed by atoms with van der Waals surface area (Å²) in [6.07, 6.45) is 0.853. The van der Waals surface area contributed by atoms with Crippen molar-refractivity contribution in [1.82, 2.24) is 4.98 Å². The van der Waals surface area contributed by atoms with Gasteiger partial charge in [-0.25, -0.2) is 13.4 Å². The zero-order valence-electron chi connectivity index (χ0n) is 12.3. The monoisotopic (exact) mass is 362 g/mol. The number of fused-ring (bicyclic) bond motifs is 1. The van der Waals surface area contributed by atoms with Crippen molar-refractivity contribution in [3.63, 3.8) is 0 Å². The van der Waals surface area contributed by atoms with Crippen molar-refractivity contribution in [2.75, 3.05) is 23.5 Å². The predicted octanol–water partition coefficient (Wildman–Crippen LogP) is 2.88. The SMILES string of the molecule is CCCCS(=O)(=O)c1nc2ccc(NCC(O)CCl)cc2s1. The van der Waals surface area contributed by atoms with Gasteiger partial charge in [0.25, 0.3) is 0 Å². The van der Waals surface area contributed by atoms with Crippen LogP contribution in [0.2, 0.25) is 0 Å². The molecule has 0 bridgehead atoms. The Balaban J connectivity index is 2.20. The summed E-state index contributed by atoms with van der Waals surface area (Å²) in [5.41, 5.74) is 1.47. The molecule has 0 aliphatic rings. The zero-order valence-corrected chi connectivity index (χ0v) is 14.6. The van der Waals surface area contributed by atoms with Gasteiger partial charge in [0.1, 0.15) is 0 Å². The number of alkyl halides is 1. The summed E-state index contributed by atoms with van der Waals surface area (Å²) in [5, 5.41) is 12.5. The third-order valence-electron chi connectivity index (χ3n) is 3.12. The number of thiazole rings is 1. The van der Waals surface area contributed by atoms with E-state index in [1.54, 1.807) is 6.07 Å². The van der Waals surface area contributed by atoms with Gasteiger partial charge in [-0.2, -0.15) is 0 Å². The molecule has 0 fully saturated rings. The van der Waals surface area contributed by atoms with E-state index < -0.39 is 15.9 Å². The lowest BCUT2D eigenvalue weighted by molar-refractivity contribution is 0.211. The van der Waals surface area contributed by atoms with Crippen LogP contribution < -0.4 is 5.32 Å². The molecular weight excluding hydrogens is 344 g/mol. The number of unbranched alkanes of at least 4 members (excludes halogenated alkanes) is 1. The Bertz CT molecular complexity index is 731. The number of benzene rings is 1. The quantitative estimate of drug-likeness (QED) is 0.706. The van der Waals surface area contributed by atoms with Crippen molar-refractivity contribution in [2.24, 2.45) is 0 Å². The second-order valence-electron chi connectivity index (χ2n) is 5.02. The Morgan fingerprint density at radius 3 is 2.91 bits per heavy atom. The van der Waals surface area contributed by atoms with Crippen LogP contribution in [-0.4, -0.2) is 42.8 Å². The van der Waals surface area contributed by atoms with Crippen LogP contribution in [0.3, 0.4) is 0 Å². The minimum absolute atomic E-state index is 0.135. The van der Waals surface area contributed by atoms with Crippen molar-refractivity contribution in [3.05, 3.63) is 18.2 Å². The summed E-state index contributed by atoms with van der Waals surface area (Å²) < 4.78 is 25.3. The summed E-state index contributed by atoms with van der Waals surface area (Å²) in [6, 6.07) is 5.43. The van der Waals surface area contributed by atoms with Crippen LogP contribution in [0.4, 0.5) is 5.69 Å². The zero-order chi connectivity index (χ0) is 16.2. The number of anilines is 1. The van der Waals surface area contributed by atoms with Gasteiger partial charge in [0, 0.05) is 12.2 Å². The fraction of sp³-hybridized carbons (Fsp3) is 0.500. The molecule has 0 spiro atoms. The van der Waals surface area contributed by atoms with Crippen LogP contribution in [0.15, 0.2) is 22.5 Å². The van der Waals surface area contributed by atoms with Gasteiger partial charge in [-0.05, 0) is 24.6 Å². The lowest BCUT2D eigenvalue weighted by Gasteiger charge is -2.09. The Morgan fingerprint density at radius 1 is 1.45 bits per heavy atom. The maximum Gasteiger partial charge on any atom is 0.210 e. The molecule has 1 heterocycles.